The minimum absolute atomic E-state index is 0.0343. The van der Waals surface area contributed by atoms with Crippen molar-refractivity contribution in [3.05, 3.63) is 36.0 Å². The van der Waals surface area contributed by atoms with Crippen LogP contribution in [0.2, 0.25) is 5.31 Å². The van der Waals surface area contributed by atoms with Crippen LogP contribution in [0.3, 0.4) is 0 Å². The van der Waals surface area contributed by atoms with E-state index >= 15 is 0 Å². The van der Waals surface area contributed by atoms with Crippen LogP contribution in [0.5, 0.6) is 0 Å². The third-order valence-electron chi connectivity index (χ3n) is 4.05. The van der Waals surface area contributed by atoms with E-state index in [4.69, 9.17) is 13.0 Å². The average Bonchev–Trinajstić information content (AvgIpc) is 2.78. The molecule has 7 heteroatoms. The zero-order valence-corrected chi connectivity index (χ0v) is 12.0. The minimum Gasteiger partial charge on any atom is -0.481 e. The Balaban J connectivity index is 2.10. The third-order valence-corrected chi connectivity index (χ3v) is 4.05. The normalized spacial score (nSPS) is 29.4. The van der Waals surface area contributed by atoms with Gasteiger partial charge in [-0.15, -0.1) is 0 Å². The molecule has 1 heterocycles. The SMILES string of the molecule is [B]C1(C(F)(F)F)C=CC=CC(C2CCN(CCC(=O)O)C2)=C1. The highest BCUT2D eigenvalue weighted by Gasteiger charge is 2.47. The lowest BCUT2D eigenvalue weighted by molar-refractivity contribution is -0.142. The molecular formula is C15H17BF3NO2. The molecule has 0 aromatic carbocycles. The smallest absolute Gasteiger partial charge is 0.393 e. The van der Waals surface area contributed by atoms with Gasteiger partial charge in [-0.2, -0.15) is 13.2 Å². The molecule has 0 saturated carbocycles. The highest BCUT2D eigenvalue weighted by molar-refractivity contribution is 6.19. The summed E-state index contributed by atoms with van der Waals surface area (Å²) in [6, 6.07) is 0. The quantitative estimate of drug-likeness (QED) is 0.812. The lowest BCUT2D eigenvalue weighted by atomic mass is 9.66. The van der Waals surface area contributed by atoms with Crippen LogP contribution in [0.1, 0.15) is 12.8 Å². The molecule has 2 rings (SSSR count). The molecule has 1 fully saturated rings. The van der Waals surface area contributed by atoms with Crippen molar-refractivity contribution in [2.45, 2.75) is 24.3 Å². The Kier molecular flexibility index (Phi) is 4.85. The monoisotopic (exact) mass is 311 g/mol. The molecule has 3 nitrogen and oxygen atoms in total. The summed E-state index contributed by atoms with van der Waals surface area (Å²) in [5.74, 6) is -0.936. The van der Waals surface area contributed by atoms with Crippen LogP contribution in [0.25, 0.3) is 0 Å². The number of aliphatic carboxylic acids is 1. The van der Waals surface area contributed by atoms with E-state index in [1.807, 2.05) is 4.90 Å². The van der Waals surface area contributed by atoms with Gasteiger partial charge in [0, 0.05) is 13.1 Å². The van der Waals surface area contributed by atoms with Gasteiger partial charge in [0.2, 0.25) is 0 Å². The Bertz CT molecular complexity index is 527. The number of halogens is 3. The number of alkyl halides is 3. The molecule has 0 aromatic heterocycles. The first-order valence-electron chi connectivity index (χ1n) is 7.10. The van der Waals surface area contributed by atoms with E-state index in [0.29, 0.717) is 31.6 Å². The van der Waals surface area contributed by atoms with Gasteiger partial charge < -0.3 is 10.0 Å². The largest absolute Gasteiger partial charge is 0.481 e. The molecule has 2 aliphatic rings. The Morgan fingerprint density at radius 1 is 1.45 bits per heavy atom. The molecule has 0 aromatic rings. The fourth-order valence-electron chi connectivity index (χ4n) is 2.75. The second kappa shape index (κ2) is 6.32. The zero-order chi connectivity index (χ0) is 16.4. The van der Waals surface area contributed by atoms with Crippen LogP contribution in [-0.4, -0.2) is 49.6 Å². The van der Waals surface area contributed by atoms with E-state index in [-0.39, 0.29) is 12.3 Å². The molecule has 118 valence electrons. The molecule has 1 aliphatic carbocycles. The number of hydrogen-bond donors (Lipinski definition) is 1. The number of carboxylic acid groups (broad SMARTS) is 1. The molecule has 1 saturated heterocycles. The summed E-state index contributed by atoms with van der Waals surface area (Å²) in [5, 5.41) is 6.23. The van der Waals surface area contributed by atoms with E-state index in [9.17, 15) is 18.0 Å². The summed E-state index contributed by atoms with van der Waals surface area (Å²) in [7, 11) is 5.51. The topological polar surface area (TPSA) is 40.5 Å². The molecule has 1 N–H and O–H groups in total. The summed E-state index contributed by atoms with van der Waals surface area (Å²) in [5.41, 5.74) is 0.558. The van der Waals surface area contributed by atoms with E-state index in [2.05, 4.69) is 0 Å². The van der Waals surface area contributed by atoms with Gasteiger partial charge in [-0.1, -0.05) is 30.4 Å². The van der Waals surface area contributed by atoms with Gasteiger partial charge in [0.1, 0.15) is 0 Å². The van der Waals surface area contributed by atoms with Crippen LogP contribution in [0, 0.1) is 5.92 Å². The van der Waals surface area contributed by atoms with Gasteiger partial charge in [0.15, 0.2) is 0 Å². The number of carboxylic acids is 1. The van der Waals surface area contributed by atoms with Gasteiger partial charge in [-0.25, -0.2) is 0 Å². The molecule has 22 heavy (non-hydrogen) atoms. The van der Waals surface area contributed by atoms with Crippen molar-refractivity contribution < 1.29 is 23.1 Å². The number of hydrogen-bond acceptors (Lipinski definition) is 2. The molecule has 0 spiro atoms. The number of likely N-dealkylation sites (tertiary alicyclic amines) is 1. The van der Waals surface area contributed by atoms with Crippen molar-refractivity contribution in [3.63, 3.8) is 0 Å². The van der Waals surface area contributed by atoms with Crippen molar-refractivity contribution >= 4 is 13.8 Å². The zero-order valence-electron chi connectivity index (χ0n) is 12.0. The van der Waals surface area contributed by atoms with Gasteiger partial charge >= 0.3 is 12.1 Å². The first kappa shape index (κ1) is 16.9. The standard InChI is InChI=1S/C15H17BF3NO2/c16-14(15(17,18)19)6-2-1-3-11(9-14)12-4-7-20(10-12)8-5-13(21)22/h1-3,6,9,12H,4-5,7-8,10H2,(H,21,22). The number of nitrogens with zero attached hydrogens (tertiary/aromatic N) is 1. The van der Waals surface area contributed by atoms with Crippen LogP contribution in [-0.2, 0) is 4.79 Å². The summed E-state index contributed by atoms with van der Waals surface area (Å²) >= 11 is 0. The van der Waals surface area contributed by atoms with Crippen molar-refractivity contribution in [2.24, 2.45) is 5.92 Å². The molecule has 0 bridgehead atoms. The number of carbonyl (C=O) groups is 1. The van der Waals surface area contributed by atoms with Gasteiger partial charge in [-0.05, 0) is 24.5 Å². The molecule has 2 atom stereocenters. The van der Waals surface area contributed by atoms with E-state index < -0.39 is 17.5 Å². The van der Waals surface area contributed by atoms with Crippen LogP contribution in [0.15, 0.2) is 36.0 Å². The average molecular weight is 311 g/mol. The molecule has 2 unspecified atom stereocenters. The number of allylic oxidation sites excluding steroid dienone is 5. The lowest BCUT2D eigenvalue weighted by Crippen LogP contribution is -2.29. The maximum atomic E-state index is 13.1. The van der Waals surface area contributed by atoms with Gasteiger partial charge in [0.05, 0.1) is 19.6 Å². The fraction of sp³-hybridized carbons (Fsp3) is 0.533. The van der Waals surface area contributed by atoms with E-state index in [0.717, 1.165) is 12.2 Å². The minimum atomic E-state index is -4.55. The van der Waals surface area contributed by atoms with Crippen molar-refractivity contribution in [3.8, 4) is 0 Å². The van der Waals surface area contributed by atoms with Gasteiger partial charge in [-0.3, -0.25) is 4.79 Å². The number of rotatable bonds is 4. The Hall–Kier alpha value is -1.50. The Labute approximate surface area is 128 Å². The summed E-state index contributed by atoms with van der Waals surface area (Å²) < 4.78 is 39.4. The highest BCUT2D eigenvalue weighted by Crippen LogP contribution is 2.47. The predicted octanol–water partition coefficient (Wildman–Crippen LogP) is 2.72. The maximum absolute atomic E-state index is 13.1. The summed E-state index contributed by atoms with van der Waals surface area (Å²) in [6.45, 7) is 1.64. The fourth-order valence-corrected chi connectivity index (χ4v) is 2.75. The van der Waals surface area contributed by atoms with E-state index in [1.54, 1.807) is 12.2 Å². The molecule has 0 amide bonds. The third kappa shape index (κ3) is 3.82. The van der Waals surface area contributed by atoms with Gasteiger partial charge in [0.25, 0.3) is 0 Å². The van der Waals surface area contributed by atoms with Crippen LogP contribution < -0.4 is 0 Å². The molecular weight excluding hydrogens is 294 g/mol. The second-order valence-electron chi connectivity index (χ2n) is 5.72. The van der Waals surface area contributed by atoms with Crippen LogP contribution in [0.4, 0.5) is 13.2 Å². The first-order valence-corrected chi connectivity index (χ1v) is 7.10. The maximum Gasteiger partial charge on any atom is 0.393 e. The summed E-state index contributed by atoms with van der Waals surface area (Å²) in [4.78, 5) is 12.5. The highest BCUT2D eigenvalue weighted by atomic mass is 19.4. The lowest BCUT2D eigenvalue weighted by Gasteiger charge is -2.27. The van der Waals surface area contributed by atoms with Crippen molar-refractivity contribution in [1.82, 2.24) is 4.90 Å². The molecule has 1 aliphatic heterocycles. The van der Waals surface area contributed by atoms with Crippen molar-refractivity contribution in [2.75, 3.05) is 19.6 Å². The Morgan fingerprint density at radius 2 is 2.18 bits per heavy atom. The van der Waals surface area contributed by atoms with E-state index in [1.165, 1.54) is 6.08 Å². The second-order valence-corrected chi connectivity index (χ2v) is 5.72. The predicted molar refractivity (Wildman–Crippen MR) is 77.7 cm³/mol. The first-order chi connectivity index (χ1) is 10.2. The summed E-state index contributed by atoms with van der Waals surface area (Å²) in [6.07, 6.45) is 2.74. The Morgan fingerprint density at radius 3 is 2.82 bits per heavy atom. The van der Waals surface area contributed by atoms with Crippen molar-refractivity contribution in [1.29, 1.82) is 0 Å². The van der Waals surface area contributed by atoms with Crippen LogP contribution >= 0.6 is 0 Å². The molecule has 2 radical (unpaired) electrons.